The van der Waals surface area contributed by atoms with Crippen LogP contribution in [0, 0.1) is 0 Å². The molecule has 23 heavy (non-hydrogen) atoms. The Hall–Kier alpha value is -2.51. The first kappa shape index (κ1) is 14.1. The highest BCUT2D eigenvalue weighted by molar-refractivity contribution is 7.20. The molecule has 0 unspecified atom stereocenters. The Bertz CT molecular complexity index is 900. The second kappa shape index (κ2) is 5.94. The highest BCUT2D eigenvalue weighted by Gasteiger charge is 2.09. The third kappa shape index (κ3) is 3.01. The molecule has 0 aromatic carbocycles. The van der Waals surface area contributed by atoms with Gasteiger partial charge >= 0.3 is 0 Å². The summed E-state index contributed by atoms with van der Waals surface area (Å²) in [6.07, 6.45) is 7.06. The SMILES string of the molecule is Clc1ccc(CNc2nn3cc(-c4cccnc4)nc3s2)nc1. The molecule has 4 aromatic heterocycles. The Morgan fingerprint density at radius 2 is 2.17 bits per heavy atom. The van der Waals surface area contributed by atoms with E-state index in [-0.39, 0.29) is 0 Å². The lowest BCUT2D eigenvalue weighted by Crippen LogP contribution is -2.01. The molecule has 0 aliphatic carbocycles. The number of fused-ring (bicyclic) bond motifs is 1. The summed E-state index contributed by atoms with van der Waals surface area (Å²) in [4.78, 5) is 13.8. The number of hydrogen-bond acceptors (Lipinski definition) is 6. The molecule has 0 amide bonds. The lowest BCUT2D eigenvalue weighted by atomic mass is 10.2. The van der Waals surface area contributed by atoms with Gasteiger partial charge in [0.25, 0.3) is 0 Å². The van der Waals surface area contributed by atoms with E-state index in [4.69, 9.17) is 11.6 Å². The van der Waals surface area contributed by atoms with E-state index in [1.54, 1.807) is 23.1 Å². The molecule has 0 aliphatic rings. The molecule has 4 heterocycles. The van der Waals surface area contributed by atoms with Gasteiger partial charge in [0.1, 0.15) is 0 Å². The van der Waals surface area contributed by atoms with Crippen molar-refractivity contribution in [1.29, 1.82) is 0 Å². The van der Waals surface area contributed by atoms with E-state index in [2.05, 4.69) is 25.4 Å². The fraction of sp³-hybridized carbons (Fsp3) is 0.0667. The molecule has 4 aromatic rings. The molecule has 6 nitrogen and oxygen atoms in total. The van der Waals surface area contributed by atoms with Crippen LogP contribution < -0.4 is 5.32 Å². The Labute approximate surface area is 140 Å². The highest BCUT2D eigenvalue weighted by Crippen LogP contribution is 2.24. The molecule has 114 valence electrons. The summed E-state index contributed by atoms with van der Waals surface area (Å²) in [5.41, 5.74) is 2.74. The van der Waals surface area contributed by atoms with Gasteiger partial charge in [-0.05, 0) is 24.3 Å². The first-order chi connectivity index (χ1) is 11.3. The number of halogens is 1. The summed E-state index contributed by atoms with van der Waals surface area (Å²) < 4.78 is 1.77. The number of imidazole rings is 1. The molecular weight excluding hydrogens is 332 g/mol. The molecule has 0 spiro atoms. The van der Waals surface area contributed by atoms with E-state index in [0.29, 0.717) is 11.6 Å². The van der Waals surface area contributed by atoms with Crippen LogP contribution in [0.15, 0.2) is 49.1 Å². The summed E-state index contributed by atoms with van der Waals surface area (Å²) in [6.45, 7) is 0.587. The number of nitrogens with one attached hydrogen (secondary N) is 1. The van der Waals surface area contributed by atoms with Crippen molar-refractivity contribution in [3.05, 3.63) is 59.8 Å². The second-order valence-corrected chi connectivity index (χ2v) is 6.22. The van der Waals surface area contributed by atoms with Gasteiger partial charge in [-0.25, -0.2) is 9.50 Å². The molecule has 0 saturated heterocycles. The van der Waals surface area contributed by atoms with Gasteiger partial charge in [-0.15, -0.1) is 5.10 Å². The maximum Gasteiger partial charge on any atom is 0.214 e. The van der Waals surface area contributed by atoms with Crippen molar-refractivity contribution in [2.75, 3.05) is 5.32 Å². The lowest BCUT2D eigenvalue weighted by molar-refractivity contribution is 0.953. The van der Waals surface area contributed by atoms with E-state index in [1.807, 2.05) is 30.5 Å². The molecule has 0 radical (unpaired) electrons. The van der Waals surface area contributed by atoms with Crippen molar-refractivity contribution in [2.24, 2.45) is 0 Å². The van der Waals surface area contributed by atoms with Crippen LogP contribution in [-0.2, 0) is 6.54 Å². The van der Waals surface area contributed by atoms with Crippen molar-refractivity contribution in [3.8, 4) is 11.3 Å². The molecule has 0 bridgehead atoms. The zero-order chi connectivity index (χ0) is 15.6. The van der Waals surface area contributed by atoms with Crippen LogP contribution in [0.4, 0.5) is 5.13 Å². The highest BCUT2D eigenvalue weighted by atomic mass is 35.5. The van der Waals surface area contributed by atoms with Gasteiger partial charge in [-0.3, -0.25) is 9.97 Å². The van der Waals surface area contributed by atoms with E-state index in [0.717, 1.165) is 27.0 Å². The third-order valence-electron chi connectivity index (χ3n) is 3.21. The minimum Gasteiger partial charge on any atom is -0.354 e. The van der Waals surface area contributed by atoms with Crippen molar-refractivity contribution in [1.82, 2.24) is 24.6 Å². The van der Waals surface area contributed by atoms with Crippen LogP contribution in [0.25, 0.3) is 16.2 Å². The standard InChI is InChI=1S/C15H11ClN6S/c16-11-3-4-12(18-7-11)8-19-14-21-22-9-13(20-15(22)23-14)10-2-1-5-17-6-10/h1-7,9H,8H2,(H,19,21). The Kier molecular flexibility index (Phi) is 3.64. The Balaban J connectivity index is 1.51. The van der Waals surface area contributed by atoms with E-state index >= 15 is 0 Å². The molecular formula is C15H11ClN6S. The summed E-state index contributed by atoms with van der Waals surface area (Å²) in [5, 5.41) is 9.15. The largest absolute Gasteiger partial charge is 0.354 e. The number of rotatable bonds is 4. The first-order valence-corrected chi connectivity index (χ1v) is 8.08. The monoisotopic (exact) mass is 342 g/mol. The third-order valence-corrected chi connectivity index (χ3v) is 4.31. The topological polar surface area (TPSA) is 68.0 Å². The van der Waals surface area contributed by atoms with Gasteiger partial charge in [0.15, 0.2) is 0 Å². The molecule has 0 fully saturated rings. The maximum atomic E-state index is 5.82. The number of hydrogen-bond donors (Lipinski definition) is 1. The quantitative estimate of drug-likeness (QED) is 0.614. The fourth-order valence-electron chi connectivity index (χ4n) is 2.10. The van der Waals surface area contributed by atoms with Crippen LogP contribution >= 0.6 is 22.9 Å². The van der Waals surface area contributed by atoms with Gasteiger partial charge in [0.05, 0.1) is 29.2 Å². The predicted octanol–water partition coefficient (Wildman–Crippen LogP) is 3.51. The van der Waals surface area contributed by atoms with Gasteiger partial charge in [-0.1, -0.05) is 22.9 Å². The van der Waals surface area contributed by atoms with Gasteiger partial charge in [0, 0.05) is 24.2 Å². The Morgan fingerprint density at radius 1 is 1.22 bits per heavy atom. The molecule has 0 atom stereocenters. The van der Waals surface area contributed by atoms with Crippen LogP contribution in [0.1, 0.15) is 5.69 Å². The maximum absolute atomic E-state index is 5.82. The minimum atomic E-state index is 0.587. The van der Waals surface area contributed by atoms with Crippen LogP contribution in [0.3, 0.4) is 0 Å². The number of nitrogens with zero attached hydrogens (tertiary/aromatic N) is 5. The Morgan fingerprint density at radius 3 is 2.91 bits per heavy atom. The second-order valence-electron chi connectivity index (χ2n) is 4.82. The van der Waals surface area contributed by atoms with Gasteiger partial charge in [0.2, 0.25) is 10.1 Å². The van der Waals surface area contributed by atoms with Crippen molar-refractivity contribution in [2.45, 2.75) is 6.54 Å². The summed E-state index contributed by atoms with van der Waals surface area (Å²) in [7, 11) is 0. The van der Waals surface area contributed by atoms with Crippen molar-refractivity contribution < 1.29 is 0 Å². The van der Waals surface area contributed by atoms with Crippen molar-refractivity contribution in [3.63, 3.8) is 0 Å². The van der Waals surface area contributed by atoms with Crippen LogP contribution in [0.2, 0.25) is 5.02 Å². The van der Waals surface area contributed by atoms with Crippen LogP contribution in [0.5, 0.6) is 0 Å². The van der Waals surface area contributed by atoms with E-state index in [1.165, 1.54) is 11.3 Å². The molecule has 1 N–H and O–H groups in total. The van der Waals surface area contributed by atoms with Gasteiger partial charge in [-0.2, -0.15) is 0 Å². The summed E-state index contributed by atoms with van der Waals surface area (Å²) >= 11 is 7.31. The van der Waals surface area contributed by atoms with Crippen molar-refractivity contribution >= 4 is 33.0 Å². The fourth-order valence-corrected chi connectivity index (χ4v) is 2.99. The summed E-state index contributed by atoms with van der Waals surface area (Å²) in [5.74, 6) is 0. The predicted molar refractivity (Wildman–Crippen MR) is 90.7 cm³/mol. The number of aromatic nitrogens is 5. The molecule has 0 aliphatic heterocycles. The number of anilines is 1. The zero-order valence-corrected chi connectivity index (χ0v) is 13.4. The lowest BCUT2D eigenvalue weighted by Gasteiger charge is -2.01. The number of pyridine rings is 2. The normalized spacial score (nSPS) is 11.0. The molecule has 0 saturated carbocycles. The molecule has 8 heteroatoms. The smallest absolute Gasteiger partial charge is 0.214 e. The minimum absolute atomic E-state index is 0.587. The zero-order valence-electron chi connectivity index (χ0n) is 11.8. The average Bonchev–Trinajstić information content (AvgIpc) is 3.14. The summed E-state index contributed by atoms with van der Waals surface area (Å²) in [6, 6.07) is 7.57. The van der Waals surface area contributed by atoms with Crippen LogP contribution in [-0.4, -0.2) is 24.6 Å². The first-order valence-electron chi connectivity index (χ1n) is 6.89. The van der Waals surface area contributed by atoms with Gasteiger partial charge < -0.3 is 5.32 Å². The molecule has 4 rings (SSSR count). The van der Waals surface area contributed by atoms with E-state index < -0.39 is 0 Å². The van der Waals surface area contributed by atoms with E-state index in [9.17, 15) is 0 Å². The average molecular weight is 343 g/mol.